The molecule has 9 heteroatoms. The van der Waals surface area contributed by atoms with Crippen molar-refractivity contribution >= 4 is 29.3 Å². The number of hydrogen-bond acceptors (Lipinski definition) is 4. The lowest BCUT2D eigenvalue weighted by molar-refractivity contribution is -0.137. The van der Waals surface area contributed by atoms with Crippen LogP contribution in [-0.2, 0) is 12.7 Å². The highest BCUT2D eigenvalue weighted by molar-refractivity contribution is 7.99. The predicted octanol–water partition coefficient (Wildman–Crippen LogP) is 5.40. The Morgan fingerprint density at radius 3 is 2.31 bits per heavy atom. The quantitative estimate of drug-likeness (QED) is 0.472. The van der Waals surface area contributed by atoms with E-state index < -0.39 is 11.7 Å². The van der Waals surface area contributed by atoms with Crippen LogP contribution in [0.2, 0.25) is 0 Å². The van der Waals surface area contributed by atoms with Crippen LogP contribution in [0, 0.1) is 0 Å². The number of nitrogens with zero attached hydrogens (tertiary/aromatic N) is 3. The highest BCUT2D eigenvalue weighted by Crippen LogP contribution is 2.42. The minimum absolute atomic E-state index is 0.0744. The van der Waals surface area contributed by atoms with Gasteiger partial charge in [0.1, 0.15) is 0 Å². The van der Waals surface area contributed by atoms with E-state index in [1.165, 1.54) is 23.9 Å². The van der Waals surface area contributed by atoms with Gasteiger partial charge in [-0.05, 0) is 55.1 Å². The average molecular weight is 512 g/mol. The van der Waals surface area contributed by atoms with Gasteiger partial charge in [-0.1, -0.05) is 36.0 Å². The molecule has 1 saturated heterocycles. The van der Waals surface area contributed by atoms with E-state index in [-0.39, 0.29) is 18.4 Å². The molecule has 2 aliphatic rings. The van der Waals surface area contributed by atoms with Crippen LogP contribution >= 0.6 is 11.8 Å². The number of anilines is 1. The van der Waals surface area contributed by atoms with Gasteiger partial charge in [0.2, 0.25) is 0 Å². The van der Waals surface area contributed by atoms with E-state index in [4.69, 9.17) is 0 Å². The molecule has 36 heavy (non-hydrogen) atoms. The molecule has 0 radical (unpaired) electrons. The smallest absolute Gasteiger partial charge is 0.336 e. The monoisotopic (exact) mass is 511 g/mol. The average Bonchev–Trinajstić information content (AvgIpc) is 2.98. The van der Waals surface area contributed by atoms with Crippen molar-refractivity contribution in [3.8, 4) is 0 Å². The van der Waals surface area contributed by atoms with E-state index in [2.05, 4.69) is 4.90 Å². The Balaban J connectivity index is 1.52. The topological polar surface area (TPSA) is 43.9 Å². The molecule has 2 heterocycles. The third-order valence-corrected chi connectivity index (χ3v) is 7.63. The van der Waals surface area contributed by atoms with Gasteiger partial charge in [0.15, 0.2) is 0 Å². The van der Waals surface area contributed by atoms with Crippen molar-refractivity contribution in [2.45, 2.75) is 22.5 Å². The zero-order chi connectivity index (χ0) is 25.4. The Hall–Kier alpha value is -3.30. The first-order valence-corrected chi connectivity index (χ1v) is 12.4. The minimum Gasteiger partial charge on any atom is -0.336 e. The summed E-state index contributed by atoms with van der Waals surface area (Å²) in [4.78, 5) is 34.1. The summed E-state index contributed by atoms with van der Waals surface area (Å²) in [5.41, 5.74) is 1.38. The van der Waals surface area contributed by atoms with Gasteiger partial charge in [0.05, 0.1) is 23.4 Å². The van der Waals surface area contributed by atoms with Crippen molar-refractivity contribution in [3.63, 3.8) is 0 Å². The second-order valence-electron chi connectivity index (χ2n) is 8.96. The third-order valence-electron chi connectivity index (χ3n) is 6.49. The molecule has 5 rings (SSSR count). The molecule has 1 fully saturated rings. The van der Waals surface area contributed by atoms with Gasteiger partial charge in [-0.25, -0.2) is 0 Å². The predicted molar refractivity (Wildman–Crippen MR) is 132 cm³/mol. The van der Waals surface area contributed by atoms with Crippen molar-refractivity contribution in [3.05, 3.63) is 89.0 Å². The van der Waals surface area contributed by atoms with E-state index in [0.29, 0.717) is 35.5 Å². The Kier molecular flexibility index (Phi) is 6.53. The number of hydrogen-bond donors (Lipinski definition) is 0. The van der Waals surface area contributed by atoms with Crippen LogP contribution in [0.4, 0.5) is 18.9 Å². The van der Waals surface area contributed by atoms with Gasteiger partial charge in [0, 0.05) is 41.5 Å². The number of alkyl halides is 3. The van der Waals surface area contributed by atoms with Gasteiger partial charge < -0.3 is 14.7 Å². The lowest BCUT2D eigenvalue weighted by atomic mass is 10.1. The third kappa shape index (κ3) is 4.85. The SMILES string of the molecule is CN1CCN(C(=O)c2ccc3c(c2)N(Cc2ccc(C(F)(F)F)cc2)C(=O)c2ccccc2S3)CC1. The first kappa shape index (κ1) is 24.4. The van der Waals surface area contributed by atoms with E-state index >= 15 is 0 Å². The molecular formula is C27H24F3N3O2S. The Morgan fingerprint density at radius 2 is 1.61 bits per heavy atom. The fourth-order valence-electron chi connectivity index (χ4n) is 4.38. The number of carbonyl (C=O) groups excluding carboxylic acids is 2. The van der Waals surface area contributed by atoms with E-state index in [1.54, 1.807) is 29.2 Å². The highest BCUT2D eigenvalue weighted by Gasteiger charge is 2.31. The Labute approximate surface area is 211 Å². The van der Waals surface area contributed by atoms with Crippen molar-refractivity contribution in [1.82, 2.24) is 9.80 Å². The standard InChI is InChI=1S/C27H24F3N3O2S/c1-31-12-14-32(15-13-31)25(34)19-8-11-24-22(16-19)33(26(35)21-4-2-3-5-23(21)36-24)17-18-6-9-20(10-7-18)27(28,29)30/h2-11,16H,12-15,17H2,1H3. The van der Waals surface area contributed by atoms with Crippen LogP contribution in [0.3, 0.4) is 0 Å². The van der Waals surface area contributed by atoms with Gasteiger partial charge in [-0.3, -0.25) is 9.59 Å². The lowest BCUT2D eigenvalue weighted by Gasteiger charge is -2.32. The maximum absolute atomic E-state index is 13.7. The summed E-state index contributed by atoms with van der Waals surface area (Å²) < 4.78 is 39.1. The fraction of sp³-hybridized carbons (Fsp3) is 0.259. The zero-order valence-electron chi connectivity index (χ0n) is 19.6. The number of benzene rings is 3. The highest BCUT2D eigenvalue weighted by atomic mass is 32.2. The van der Waals surface area contributed by atoms with Crippen LogP contribution in [0.5, 0.6) is 0 Å². The largest absolute Gasteiger partial charge is 0.416 e. The van der Waals surface area contributed by atoms with E-state index in [0.717, 1.165) is 35.0 Å². The molecule has 5 nitrogen and oxygen atoms in total. The molecule has 0 spiro atoms. The summed E-state index contributed by atoms with van der Waals surface area (Å²) in [5.74, 6) is -0.361. The second-order valence-corrected chi connectivity index (χ2v) is 10.0. The molecule has 0 saturated carbocycles. The van der Waals surface area contributed by atoms with Gasteiger partial charge in [0.25, 0.3) is 11.8 Å². The molecule has 2 aliphatic heterocycles. The number of piperazine rings is 1. The van der Waals surface area contributed by atoms with Gasteiger partial charge in [-0.2, -0.15) is 13.2 Å². The van der Waals surface area contributed by atoms with Crippen LogP contribution in [0.25, 0.3) is 0 Å². The lowest BCUT2D eigenvalue weighted by Crippen LogP contribution is -2.47. The molecular weight excluding hydrogens is 487 g/mol. The molecule has 186 valence electrons. The van der Waals surface area contributed by atoms with Gasteiger partial charge in [-0.15, -0.1) is 0 Å². The molecule has 3 aromatic carbocycles. The van der Waals surface area contributed by atoms with Gasteiger partial charge >= 0.3 is 6.18 Å². The number of fused-ring (bicyclic) bond motifs is 2. The van der Waals surface area contributed by atoms with Crippen molar-refractivity contribution in [1.29, 1.82) is 0 Å². The number of rotatable bonds is 3. The minimum atomic E-state index is -4.43. The van der Waals surface area contributed by atoms with Crippen molar-refractivity contribution in [2.24, 2.45) is 0 Å². The number of likely N-dealkylation sites (N-methyl/N-ethyl adjacent to an activating group) is 1. The number of halogens is 3. The molecule has 2 amide bonds. The first-order valence-electron chi connectivity index (χ1n) is 11.6. The summed E-state index contributed by atoms with van der Waals surface area (Å²) >= 11 is 1.44. The van der Waals surface area contributed by atoms with Crippen LogP contribution < -0.4 is 4.90 Å². The summed E-state index contributed by atoms with van der Waals surface area (Å²) in [6, 6.07) is 17.4. The fourth-order valence-corrected chi connectivity index (χ4v) is 5.44. The summed E-state index contributed by atoms with van der Waals surface area (Å²) in [6.45, 7) is 2.91. The number of carbonyl (C=O) groups is 2. The Bertz CT molecular complexity index is 1300. The number of amides is 2. The normalized spacial score (nSPS) is 16.4. The van der Waals surface area contributed by atoms with Crippen molar-refractivity contribution < 1.29 is 22.8 Å². The molecule has 0 aliphatic carbocycles. The molecule has 3 aromatic rings. The van der Waals surface area contributed by atoms with E-state index in [9.17, 15) is 22.8 Å². The maximum atomic E-state index is 13.7. The molecule has 0 N–H and O–H groups in total. The summed E-state index contributed by atoms with van der Waals surface area (Å²) in [5, 5.41) is 0. The summed E-state index contributed by atoms with van der Waals surface area (Å²) in [7, 11) is 2.02. The van der Waals surface area contributed by atoms with Crippen molar-refractivity contribution in [2.75, 3.05) is 38.1 Å². The molecule has 0 bridgehead atoms. The Morgan fingerprint density at radius 1 is 0.917 bits per heavy atom. The second kappa shape index (κ2) is 9.63. The summed E-state index contributed by atoms with van der Waals surface area (Å²) in [6.07, 6.45) is -4.43. The van der Waals surface area contributed by atoms with Crippen LogP contribution in [-0.4, -0.2) is 54.8 Å². The molecule has 0 atom stereocenters. The molecule has 0 unspecified atom stereocenters. The molecule has 0 aromatic heterocycles. The maximum Gasteiger partial charge on any atom is 0.416 e. The van der Waals surface area contributed by atoms with Crippen LogP contribution in [0.15, 0.2) is 76.5 Å². The van der Waals surface area contributed by atoms with Crippen LogP contribution in [0.1, 0.15) is 31.8 Å². The first-order chi connectivity index (χ1) is 17.2. The zero-order valence-corrected chi connectivity index (χ0v) is 20.4. The van der Waals surface area contributed by atoms with E-state index in [1.807, 2.05) is 30.1 Å².